The molecular formula is C22H38ClN. The van der Waals surface area contributed by atoms with Crippen LogP contribution in [0.5, 0.6) is 0 Å². The number of halogens is 1. The minimum absolute atomic E-state index is 0.350. The molecule has 0 atom stereocenters. The Morgan fingerprint density at radius 2 is 1.21 bits per heavy atom. The van der Waals surface area contributed by atoms with E-state index in [1.54, 1.807) is 6.92 Å². The Bertz CT molecular complexity index is 477. The summed E-state index contributed by atoms with van der Waals surface area (Å²) in [6.45, 7) is 21.7. The predicted molar refractivity (Wildman–Crippen MR) is 115 cm³/mol. The van der Waals surface area contributed by atoms with E-state index in [2.05, 4.69) is 25.7 Å². The van der Waals surface area contributed by atoms with Crippen molar-refractivity contribution in [3.8, 4) is 24.7 Å². The lowest BCUT2D eigenvalue weighted by atomic mass is 9.97. The molecule has 0 spiro atoms. The van der Waals surface area contributed by atoms with Gasteiger partial charge in [-0.2, -0.15) is 0 Å². The van der Waals surface area contributed by atoms with Gasteiger partial charge in [-0.25, -0.2) is 0 Å². The second-order valence-electron chi connectivity index (χ2n) is 5.25. The monoisotopic (exact) mass is 351 g/mol. The molecule has 0 aliphatic carbocycles. The molecule has 0 amide bonds. The van der Waals surface area contributed by atoms with Gasteiger partial charge in [0.15, 0.2) is 0 Å². The van der Waals surface area contributed by atoms with Gasteiger partial charge < -0.3 is 5.41 Å². The minimum Gasteiger partial charge on any atom is -0.304 e. The Balaban J connectivity index is -0.000000139. The SMILES string of the molecule is C#C/C(C(C)=N)=C(/C)C(C)C.C#C/C(C)=C(/Cl)C(C)C.CC.CC. The Morgan fingerprint density at radius 1 is 0.833 bits per heavy atom. The molecule has 0 bridgehead atoms. The third kappa shape index (κ3) is 15.5. The highest BCUT2D eigenvalue weighted by atomic mass is 35.5. The Morgan fingerprint density at radius 3 is 1.29 bits per heavy atom. The van der Waals surface area contributed by atoms with Gasteiger partial charge in [-0.3, -0.25) is 0 Å². The molecule has 0 unspecified atom stereocenters. The van der Waals surface area contributed by atoms with Crippen LogP contribution in [0.1, 0.15) is 76.2 Å². The third-order valence-electron chi connectivity index (χ3n) is 2.86. The number of rotatable bonds is 3. The Hall–Kier alpha value is -1.44. The maximum absolute atomic E-state index is 7.37. The van der Waals surface area contributed by atoms with Crippen molar-refractivity contribution in [1.29, 1.82) is 5.41 Å². The second-order valence-corrected chi connectivity index (χ2v) is 5.66. The fourth-order valence-corrected chi connectivity index (χ4v) is 1.36. The van der Waals surface area contributed by atoms with Gasteiger partial charge in [0.2, 0.25) is 0 Å². The van der Waals surface area contributed by atoms with Gasteiger partial charge in [0.1, 0.15) is 0 Å². The number of terminal acetylenes is 2. The lowest BCUT2D eigenvalue weighted by molar-refractivity contribution is 0.766. The summed E-state index contributed by atoms with van der Waals surface area (Å²) in [6, 6.07) is 0. The van der Waals surface area contributed by atoms with E-state index < -0.39 is 0 Å². The fraction of sp³-hybridized carbons (Fsp3) is 0.591. The molecule has 0 rings (SSSR count). The molecule has 0 aliphatic rings. The number of hydrogen-bond donors (Lipinski definition) is 1. The zero-order valence-electron chi connectivity index (χ0n) is 17.7. The van der Waals surface area contributed by atoms with Gasteiger partial charge in [0.25, 0.3) is 0 Å². The van der Waals surface area contributed by atoms with Crippen molar-refractivity contribution in [3.05, 3.63) is 21.8 Å². The maximum atomic E-state index is 7.37. The molecule has 138 valence electrons. The van der Waals surface area contributed by atoms with Crippen LogP contribution in [0.2, 0.25) is 0 Å². The standard InChI is InChI=1S/C10H15N.C8H11Cl.2C2H6/c1-6-10(9(5)11)8(4)7(2)3;1-5-7(4)8(9)6(2)3;2*1-2/h1,7,11H,2-5H3;1,6H,2-4H3;2*1-2H3/b10-8+,11-9?;8-7+;;. The largest absolute Gasteiger partial charge is 0.304 e. The lowest BCUT2D eigenvalue weighted by Gasteiger charge is -2.08. The zero-order chi connectivity index (χ0) is 20.5. The molecular weight excluding hydrogens is 314 g/mol. The summed E-state index contributed by atoms with van der Waals surface area (Å²) in [7, 11) is 0. The van der Waals surface area contributed by atoms with Gasteiger partial charge in [-0.1, -0.05) is 84.4 Å². The van der Waals surface area contributed by atoms with E-state index in [4.69, 9.17) is 29.9 Å². The number of allylic oxidation sites excluding steroid dienone is 4. The summed E-state index contributed by atoms with van der Waals surface area (Å²) >= 11 is 5.80. The van der Waals surface area contributed by atoms with Crippen LogP contribution in [0.15, 0.2) is 21.8 Å². The molecule has 0 fully saturated rings. The molecule has 24 heavy (non-hydrogen) atoms. The average molecular weight is 352 g/mol. The van der Waals surface area contributed by atoms with Crippen molar-refractivity contribution in [2.45, 2.75) is 76.2 Å². The molecule has 0 aliphatic heterocycles. The van der Waals surface area contributed by atoms with E-state index in [0.717, 1.165) is 21.8 Å². The molecule has 2 heteroatoms. The van der Waals surface area contributed by atoms with E-state index in [1.165, 1.54) is 0 Å². The number of hydrogen-bond acceptors (Lipinski definition) is 1. The van der Waals surface area contributed by atoms with Crippen LogP contribution in [0.25, 0.3) is 0 Å². The van der Waals surface area contributed by atoms with Gasteiger partial charge in [0, 0.05) is 21.9 Å². The molecule has 1 N–H and O–H groups in total. The molecule has 0 aromatic rings. The first-order valence-corrected chi connectivity index (χ1v) is 9.03. The van der Waals surface area contributed by atoms with Gasteiger partial charge in [-0.15, -0.1) is 12.8 Å². The predicted octanol–water partition coefficient (Wildman–Crippen LogP) is 7.47. The fourth-order valence-electron chi connectivity index (χ4n) is 1.31. The first-order valence-electron chi connectivity index (χ1n) is 8.65. The molecule has 1 nitrogen and oxygen atoms in total. The molecule has 0 radical (unpaired) electrons. The molecule has 0 heterocycles. The normalized spacial score (nSPS) is 11.0. The van der Waals surface area contributed by atoms with Crippen molar-refractivity contribution < 1.29 is 0 Å². The first kappa shape index (κ1) is 30.4. The maximum Gasteiger partial charge on any atom is 0.0439 e. The smallest absolute Gasteiger partial charge is 0.0439 e. The van der Waals surface area contributed by atoms with Gasteiger partial charge in [0.05, 0.1) is 0 Å². The summed E-state index contributed by atoms with van der Waals surface area (Å²) in [5.74, 6) is 5.81. The van der Waals surface area contributed by atoms with E-state index in [-0.39, 0.29) is 0 Å². The van der Waals surface area contributed by atoms with Crippen LogP contribution in [0.3, 0.4) is 0 Å². The Kier molecular flexibility index (Phi) is 24.9. The highest BCUT2D eigenvalue weighted by Gasteiger charge is 2.04. The van der Waals surface area contributed by atoms with E-state index in [0.29, 0.717) is 17.5 Å². The molecule has 0 aromatic carbocycles. The summed E-state index contributed by atoms with van der Waals surface area (Å²) in [5, 5.41) is 8.16. The van der Waals surface area contributed by atoms with Crippen LogP contribution in [-0.2, 0) is 0 Å². The quantitative estimate of drug-likeness (QED) is 0.402. The van der Waals surface area contributed by atoms with Crippen molar-refractivity contribution in [2.24, 2.45) is 11.8 Å². The second kappa shape index (κ2) is 19.6. The number of nitrogens with one attached hydrogen (secondary N) is 1. The van der Waals surface area contributed by atoms with Crippen LogP contribution >= 0.6 is 11.6 Å². The van der Waals surface area contributed by atoms with E-state index >= 15 is 0 Å². The summed E-state index contributed by atoms with van der Waals surface area (Å²) in [5.41, 5.74) is 3.20. The van der Waals surface area contributed by atoms with Crippen molar-refractivity contribution in [3.63, 3.8) is 0 Å². The van der Waals surface area contributed by atoms with Crippen LogP contribution in [0.4, 0.5) is 0 Å². The van der Waals surface area contributed by atoms with Crippen LogP contribution in [-0.4, -0.2) is 5.71 Å². The van der Waals surface area contributed by atoms with Crippen molar-refractivity contribution in [1.82, 2.24) is 0 Å². The van der Waals surface area contributed by atoms with Crippen LogP contribution in [0, 0.1) is 41.9 Å². The van der Waals surface area contributed by atoms with E-state index in [9.17, 15) is 0 Å². The average Bonchev–Trinajstić information content (AvgIpc) is 2.57. The third-order valence-corrected chi connectivity index (χ3v) is 3.58. The van der Waals surface area contributed by atoms with E-state index in [1.807, 2.05) is 55.4 Å². The van der Waals surface area contributed by atoms with Crippen molar-refractivity contribution in [2.75, 3.05) is 0 Å². The summed E-state index contributed by atoms with van der Waals surface area (Å²) < 4.78 is 0. The van der Waals surface area contributed by atoms with Gasteiger partial charge in [-0.05, 0) is 32.6 Å². The van der Waals surface area contributed by atoms with Crippen molar-refractivity contribution >= 4 is 17.3 Å². The zero-order valence-corrected chi connectivity index (χ0v) is 18.4. The topological polar surface area (TPSA) is 23.9 Å². The van der Waals surface area contributed by atoms with Gasteiger partial charge >= 0.3 is 0 Å². The minimum atomic E-state index is 0.350. The highest BCUT2D eigenvalue weighted by molar-refractivity contribution is 6.30. The lowest BCUT2D eigenvalue weighted by Crippen LogP contribution is -2.01. The molecule has 0 saturated heterocycles. The molecule has 0 aromatic heterocycles. The highest BCUT2D eigenvalue weighted by Crippen LogP contribution is 2.17. The first-order chi connectivity index (χ1) is 11.1. The molecule has 0 saturated carbocycles. The van der Waals surface area contributed by atoms with Crippen LogP contribution < -0.4 is 0 Å². The summed E-state index contributed by atoms with van der Waals surface area (Å²) in [6.07, 6.45) is 10.4. The Labute approximate surface area is 157 Å². The summed E-state index contributed by atoms with van der Waals surface area (Å²) in [4.78, 5) is 0.